The summed E-state index contributed by atoms with van der Waals surface area (Å²) in [6, 6.07) is 18.1. The maximum absolute atomic E-state index is 13.0. The Balaban J connectivity index is 1.13. The minimum absolute atomic E-state index is 0.0820. The van der Waals surface area contributed by atoms with Crippen molar-refractivity contribution in [3.05, 3.63) is 71.3 Å². The molecule has 2 heterocycles. The average Bonchev–Trinajstić information content (AvgIpc) is 3.62. The third-order valence-electron chi connectivity index (χ3n) is 7.32. The molecule has 178 valence electrons. The van der Waals surface area contributed by atoms with Crippen molar-refractivity contribution in [3.8, 4) is 0 Å². The molecule has 1 saturated carbocycles. The molecule has 1 saturated heterocycles. The van der Waals surface area contributed by atoms with E-state index in [0.717, 1.165) is 43.6 Å². The molecule has 0 radical (unpaired) electrons. The SMILES string of the molecule is CC1(C(=O)NCC2CC2)CC(c2ccc(C(=O)N3CCC(Cc4ccccc4)CC3)cc2)=NO1. The standard InChI is InChI=1S/C28H33N3O3/c1-28(27(33)29-19-22-7-8-22)18-25(30-34-28)23-9-11-24(12-10-23)26(32)31-15-13-21(14-16-31)17-20-5-3-2-4-6-20/h2-6,9-12,21-22H,7-8,13-19H2,1H3,(H,29,33). The summed E-state index contributed by atoms with van der Waals surface area (Å²) in [5.74, 6) is 1.22. The molecule has 2 aromatic carbocycles. The minimum Gasteiger partial charge on any atom is -0.379 e. The van der Waals surface area contributed by atoms with Gasteiger partial charge in [-0.15, -0.1) is 0 Å². The summed E-state index contributed by atoms with van der Waals surface area (Å²) >= 11 is 0. The quantitative estimate of drug-likeness (QED) is 0.675. The van der Waals surface area contributed by atoms with Crippen molar-refractivity contribution >= 4 is 17.5 Å². The smallest absolute Gasteiger partial charge is 0.267 e. The maximum Gasteiger partial charge on any atom is 0.267 e. The highest BCUT2D eigenvalue weighted by molar-refractivity contribution is 6.06. The number of hydrogen-bond acceptors (Lipinski definition) is 4. The second-order valence-corrected chi connectivity index (χ2v) is 10.2. The Bertz CT molecular complexity index is 1050. The number of amides is 2. The first-order chi connectivity index (χ1) is 16.5. The predicted octanol–water partition coefficient (Wildman–Crippen LogP) is 4.19. The van der Waals surface area contributed by atoms with Crippen LogP contribution in [0.3, 0.4) is 0 Å². The summed E-state index contributed by atoms with van der Waals surface area (Å²) in [7, 11) is 0. The molecule has 34 heavy (non-hydrogen) atoms. The molecule has 2 amide bonds. The zero-order chi connectivity index (χ0) is 23.5. The van der Waals surface area contributed by atoms with E-state index in [1.165, 1.54) is 18.4 Å². The maximum atomic E-state index is 13.0. The molecule has 0 aromatic heterocycles. The number of rotatable bonds is 7. The van der Waals surface area contributed by atoms with Crippen molar-refractivity contribution in [2.45, 2.75) is 51.0 Å². The molecule has 2 aliphatic heterocycles. The highest BCUT2D eigenvalue weighted by Gasteiger charge is 2.42. The summed E-state index contributed by atoms with van der Waals surface area (Å²) in [5.41, 5.74) is 2.72. The van der Waals surface area contributed by atoms with E-state index in [0.29, 0.717) is 30.4 Å². The van der Waals surface area contributed by atoms with Gasteiger partial charge in [0.2, 0.25) is 5.60 Å². The Morgan fingerprint density at radius 3 is 2.38 bits per heavy atom. The fraction of sp³-hybridized carbons (Fsp3) is 0.464. The molecule has 2 aromatic rings. The fourth-order valence-corrected chi connectivity index (χ4v) is 4.84. The molecule has 6 heteroatoms. The lowest BCUT2D eigenvalue weighted by Crippen LogP contribution is -2.45. The molecule has 1 N–H and O–H groups in total. The number of likely N-dealkylation sites (tertiary alicyclic amines) is 1. The normalized spacial score (nSPS) is 22.7. The van der Waals surface area contributed by atoms with E-state index in [4.69, 9.17) is 4.84 Å². The second kappa shape index (κ2) is 9.61. The molecule has 6 nitrogen and oxygen atoms in total. The summed E-state index contributed by atoms with van der Waals surface area (Å²) < 4.78 is 0. The number of hydrogen-bond donors (Lipinski definition) is 1. The van der Waals surface area contributed by atoms with Crippen LogP contribution in [0.1, 0.15) is 60.5 Å². The Kier molecular flexibility index (Phi) is 6.40. The van der Waals surface area contributed by atoms with Gasteiger partial charge in [-0.05, 0) is 74.1 Å². The molecule has 1 unspecified atom stereocenters. The van der Waals surface area contributed by atoms with Crippen molar-refractivity contribution in [1.29, 1.82) is 0 Å². The van der Waals surface area contributed by atoms with Gasteiger partial charge in [0.15, 0.2) is 0 Å². The van der Waals surface area contributed by atoms with Crippen LogP contribution < -0.4 is 5.32 Å². The van der Waals surface area contributed by atoms with E-state index >= 15 is 0 Å². The van der Waals surface area contributed by atoms with Gasteiger partial charge in [-0.2, -0.15) is 0 Å². The first-order valence-corrected chi connectivity index (χ1v) is 12.5. The third kappa shape index (κ3) is 5.16. The van der Waals surface area contributed by atoms with Crippen molar-refractivity contribution in [1.82, 2.24) is 10.2 Å². The summed E-state index contributed by atoms with van der Waals surface area (Å²) in [4.78, 5) is 33.1. The largest absolute Gasteiger partial charge is 0.379 e. The van der Waals surface area contributed by atoms with Crippen LogP contribution in [0.5, 0.6) is 0 Å². The molecular weight excluding hydrogens is 426 g/mol. The van der Waals surface area contributed by atoms with Gasteiger partial charge in [-0.25, -0.2) is 0 Å². The number of oxime groups is 1. The molecule has 1 atom stereocenters. The number of nitrogens with zero attached hydrogens (tertiary/aromatic N) is 2. The van der Waals surface area contributed by atoms with E-state index in [2.05, 4.69) is 34.7 Å². The van der Waals surface area contributed by atoms with E-state index in [1.54, 1.807) is 6.92 Å². The molecule has 3 aliphatic rings. The topological polar surface area (TPSA) is 71.0 Å². The summed E-state index contributed by atoms with van der Waals surface area (Å²) in [6.07, 6.45) is 5.96. The lowest BCUT2D eigenvalue weighted by atomic mass is 9.90. The molecule has 1 aliphatic carbocycles. The van der Waals surface area contributed by atoms with Gasteiger partial charge in [-0.1, -0.05) is 47.6 Å². The van der Waals surface area contributed by atoms with Gasteiger partial charge in [0.1, 0.15) is 0 Å². The van der Waals surface area contributed by atoms with E-state index < -0.39 is 5.60 Å². The number of piperidine rings is 1. The zero-order valence-electron chi connectivity index (χ0n) is 19.8. The van der Waals surface area contributed by atoms with E-state index in [9.17, 15) is 9.59 Å². The minimum atomic E-state index is -0.969. The van der Waals surface area contributed by atoms with Crippen LogP contribution in [0, 0.1) is 11.8 Å². The second-order valence-electron chi connectivity index (χ2n) is 10.2. The fourth-order valence-electron chi connectivity index (χ4n) is 4.84. The average molecular weight is 460 g/mol. The van der Waals surface area contributed by atoms with Crippen LogP contribution >= 0.6 is 0 Å². The number of carbonyl (C=O) groups is 2. The van der Waals surface area contributed by atoms with Crippen LogP contribution in [0.4, 0.5) is 0 Å². The van der Waals surface area contributed by atoms with Gasteiger partial charge < -0.3 is 15.1 Å². The molecule has 0 bridgehead atoms. The van der Waals surface area contributed by atoms with Gasteiger partial charge >= 0.3 is 0 Å². The summed E-state index contributed by atoms with van der Waals surface area (Å²) in [5, 5.41) is 7.18. The van der Waals surface area contributed by atoms with Crippen LogP contribution in [0.15, 0.2) is 59.8 Å². The van der Waals surface area contributed by atoms with Gasteiger partial charge in [0.05, 0.1) is 5.71 Å². The van der Waals surface area contributed by atoms with E-state index in [1.807, 2.05) is 35.2 Å². The highest BCUT2D eigenvalue weighted by atomic mass is 16.7. The Morgan fingerprint density at radius 1 is 1.00 bits per heavy atom. The van der Waals surface area contributed by atoms with Crippen LogP contribution in [-0.4, -0.2) is 47.7 Å². The Hall–Kier alpha value is -3.15. The molecule has 5 rings (SSSR count). The molecular formula is C28H33N3O3. The lowest BCUT2D eigenvalue weighted by molar-refractivity contribution is -0.141. The first-order valence-electron chi connectivity index (χ1n) is 12.5. The summed E-state index contributed by atoms with van der Waals surface area (Å²) in [6.45, 7) is 4.10. The van der Waals surface area contributed by atoms with E-state index in [-0.39, 0.29) is 11.8 Å². The third-order valence-corrected chi connectivity index (χ3v) is 7.32. The lowest BCUT2D eigenvalue weighted by Gasteiger charge is -2.32. The van der Waals surface area contributed by atoms with Crippen molar-refractivity contribution in [2.75, 3.05) is 19.6 Å². The zero-order valence-corrected chi connectivity index (χ0v) is 19.8. The highest BCUT2D eigenvalue weighted by Crippen LogP contribution is 2.30. The van der Waals surface area contributed by atoms with Crippen molar-refractivity contribution < 1.29 is 14.4 Å². The Labute approximate surface area is 201 Å². The van der Waals surface area contributed by atoms with Crippen LogP contribution in [0.2, 0.25) is 0 Å². The first kappa shape index (κ1) is 22.6. The predicted molar refractivity (Wildman–Crippen MR) is 132 cm³/mol. The van der Waals surface area contributed by atoms with Gasteiger partial charge in [0.25, 0.3) is 11.8 Å². The van der Waals surface area contributed by atoms with Crippen LogP contribution in [0.25, 0.3) is 0 Å². The number of benzene rings is 2. The van der Waals surface area contributed by atoms with Crippen LogP contribution in [-0.2, 0) is 16.1 Å². The Morgan fingerprint density at radius 2 is 1.71 bits per heavy atom. The van der Waals surface area contributed by atoms with Crippen molar-refractivity contribution in [3.63, 3.8) is 0 Å². The van der Waals surface area contributed by atoms with Gasteiger partial charge in [0, 0.05) is 31.6 Å². The molecule has 0 spiro atoms. The molecule has 2 fully saturated rings. The number of carbonyl (C=O) groups excluding carboxylic acids is 2. The number of nitrogens with one attached hydrogen (secondary N) is 1. The monoisotopic (exact) mass is 459 g/mol. The van der Waals surface area contributed by atoms with Gasteiger partial charge in [-0.3, -0.25) is 9.59 Å². The van der Waals surface area contributed by atoms with Crippen molar-refractivity contribution in [2.24, 2.45) is 17.0 Å².